The minimum Gasteiger partial charge on any atom is -0.493 e. The third kappa shape index (κ3) is 4.55. The number of methoxy groups -OCH3 is 2. The van der Waals surface area contributed by atoms with Crippen molar-refractivity contribution < 1.29 is 18.7 Å². The van der Waals surface area contributed by atoms with Crippen LogP contribution in [-0.4, -0.2) is 56.2 Å². The fraction of sp³-hybridized carbons (Fsp3) is 0.364. The van der Waals surface area contributed by atoms with Crippen LogP contribution in [0.25, 0.3) is 10.2 Å². The van der Waals surface area contributed by atoms with E-state index in [1.165, 1.54) is 23.5 Å². The zero-order valence-corrected chi connectivity index (χ0v) is 18.5. The Kier molecular flexibility index (Phi) is 7.23. The standard InChI is InChI=1S/C22H26FN3O3S/c1-5-25(6-2)11-12-26(21(27)15-9-7-8-10-16(15)23)22-24-17-13-18(28-3)19(29-4)14-20(17)30-22/h7-10,13-14H,5-6,11-12H2,1-4H3. The van der Waals surface area contributed by atoms with Gasteiger partial charge >= 0.3 is 0 Å². The highest BCUT2D eigenvalue weighted by Gasteiger charge is 2.24. The predicted octanol–water partition coefficient (Wildman–Crippen LogP) is 4.44. The van der Waals surface area contributed by atoms with Crippen LogP contribution < -0.4 is 14.4 Å². The number of fused-ring (bicyclic) bond motifs is 1. The second-order valence-corrected chi connectivity index (χ2v) is 7.64. The third-order valence-electron chi connectivity index (χ3n) is 5.00. The van der Waals surface area contributed by atoms with Crippen LogP contribution in [0.1, 0.15) is 24.2 Å². The number of benzene rings is 2. The lowest BCUT2D eigenvalue weighted by atomic mass is 10.2. The lowest BCUT2D eigenvalue weighted by molar-refractivity contribution is 0.0980. The number of hydrogen-bond donors (Lipinski definition) is 0. The number of ether oxygens (including phenoxy) is 2. The Balaban J connectivity index is 2.02. The molecule has 3 rings (SSSR count). The molecule has 8 heteroatoms. The molecule has 3 aromatic rings. The van der Waals surface area contributed by atoms with Crippen molar-refractivity contribution in [1.82, 2.24) is 9.88 Å². The number of nitrogens with zero attached hydrogens (tertiary/aromatic N) is 3. The highest BCUT2D eigenvalue weighted by atomic mass is 32.1. The van der Waals surface area contributed by atoms with Crippen molar-refractivity contribution in [3.63, 3.8) is 0 Å². The Hall–Kier alpha value is -2.71. The van der Waals surface area contributed by atoms with Crippen molar-refractivity contribution in [1.29, 1.82) is 0 Å². The van der Waals surface area contributed by atoms with Gasteiger partial charge in [0.2, 0.25) is 0 Å². The van der Waals surface area contributed by atoms with Gasteiger partial charge in [0.25, 0.3) is 5.91 Å². The minimum atomic E-state index is -0.542. The molecule has 0 saturated heterocycles. The van der Waals surface area contributed by atoms with Gasteiger partial charge in [-0.1, -0.05) is 37.3 Å². The van der Waals surface area contributed by atoms with Gasteiger partial charge in [-0.2, -0.15) is 0 Å². The predicted molar refractivity (Wildman–Crippen MR) is 119 cm³/mol. The Morgan fingerprint density at radius 3 is 2.37 bits per heavy atom. The van der Waals surface area contributed by atoms with E-state index in [9.17, 15) is 9.18 Å². The van der Waals surface area contributed by atoms with Crippen LogP contribution in [0.3, 0.4) is 0 Å². The highest BCUT2D eigenvalue weighted by molar-refractivity contribution is 7.22. The van der Waals surface area contributed by atoms with E-state index in [2.05, 4.69) is 23.7 Å². The van der Waals surface area contributed by atoms with Crippen molar-refractivity contribution in [2.24, 2.45) is 0 Å². The Morgan fingerprint density at radius 1 is 1.07 bits per heavy atom. The van der Waals surface area contributed by atoms with Gasteiger partial charge in [0.05, 0.1) is 30.0 Å². The van der Waals surface area contributed by atoms with E-state index >= 15 is 0 Å². The number of carbonyl (C=O) groups is 1. The van der Waals surface area contributed by atoms with Crippen LogP contribution >= 0.6 is 11.3 Å². The molecule has 2 aromatic carbocycles. The number of aromatic nitrogens is 1. The average Bonchev–Trinajstić information content (AvgIpc) is 3.18. The zero-order valence-electron chi connectivity index (χ0n) is 17.6. The lowest BCUT2D eigenvalue weighted by Gasteiger charge is -2.24. The molecule has 0 aliphatic heterocycles. The zero-order chi connectivity index (χ0) is 21.7. The highest BCUT2D eigenvalue weighted by Crippen LogP contribution is 2.37. The summed E-state index contributed by atoms with van der Waals surface area (Å²) in [7, 11) is 3.14. The number of carbonyl (C=O) groups excluding carboxylic acids is 1. The van der Waals surface area contributed by atoms with Crippen molar-refractivity contribution in [2.45, 2.75) is 13.8 Å². The van der Waals surface area contributed by atoms with E-state index < -0.39 is 11.7 Å². The van der Waals surface area contributed by atoms with Gasteiger partial charge in [0, 0.05) is 25.2 Å². The number of hydrogen-bond acceptors (Lipinski definition) is 6. The third-order valence-corrected chi connectivity index (χ3v) is 6.04. The molecule has 0 aliphatic rings. The van der Waals surface area contributed by atoms with Crippen molar-refractivity contribution in [3.05, 3.63) is 47.8 Å². The van der Waals surface area contributed by atoms with E-state index in [0.29, 0.717) is 35.2 Å². The van der Waals surface area contributed by atoms with Gasteiger partial charge in [-0.25, -0.2) is 9.37 Å². The summed E-state index contributed by atoms with van der Waals surface area (Å²) < 4.78 is 25.9. The van der Waals surface area contributed by atoms with Crippen LogP contribution in [0.4, 0.5) is 9.52 Å². The van der Waals surface area contributed by atoms with Crippen LogP contribution in [-0.2, 0) is 0 Å². The SMILES string of the molecule is CCN(CC)CCN(C(=O)c1ccccc1F)c1nc2cc(OC)c(OC)cc2s1. The number of rotatable bonds is 9. The molecule has 0 radical (unpaired) electrons. The molecule has 1 heterocycles. The molecule has 0 fully saturated rings. The second kappa shape index (κ2) is 9.86. The molecule has 1 aromatic heterocycles. The molecule has 0 N–H and O–H groups in total. The Bertz CT molecular complexity index is 979. The van der Waals surface area contributed by atoms with Crippen LogP contribution in [0.15, 0.2) is 36.4 Å². The maximum Gasteiger partial charge on any atom is 0.263 e. The molecule has 0 atom stereocenters. The lowest BCUT2D eigenvalue weighted by Crippen LogP contribution is -2.39. The molecular formula is C22H26FN3O3S. The molecule has 0 saturated carbocycles. The first-order valence-electron chi connectivity index (χ1n) is 9.83. The number of amides is 1. The molecule has 0 aliphatic carbocycles. The van der Waals surface area contributed by atoms with Gasteiger partial charge in [0.1, 0.15) is 5.82 Å². The minimum absolute atomic E-state index is 0.0338. The topological polar surface area (TPSA) is 54.9 Å². The molecule has 0 spiro atoms. The Labute approximate surface area is 179 Å². The number of thiazole rings is 1. The van der Waals surface area contributed by atoms with Gasteiger partial charge in [0.15, 0.2) is 16.6 Å². The molecule has 0 unspecified atom stereocenters. The van der Waals surface area contributed by atoms with E-state index in [-0.39, 0.29) is 5.56 Å². The normalized spacial score (nSPS) is 11.1. The van der Waals surface area contributed by atoms with Crippen molar-refractivity contribution in [2.75, 3.05) is 45.3 Å². The van der Waals surface area contributed by atoms with Gasteiger partial charge in [-0.05, 0) is 25.2 Å². The number of halogens is 1. The first-order valence-corrected chi connectivity index (χ1v) is 10.6. The smallest absolute Gasteiger partial charge is 0.263 e. The first-order chi connectivity index (χ1) is 14.5. The fourth-order valence-electron chi connectivity index (χ4n) is 3.20. The number of anilines is 1. The monoisotopic (exact) mass is 431 g/mol. The van der Waals surface area contributed by atoms with E-state index in [1.807, 2.05) is 6.07 Å². The second-order valence-electron chi connectivity index (χ2n) is 6.63. The quantitative estimate of drug-likeness (QED) is 0.501. The van der Waals surface area contributed by atoms with Gasteiger partial charge in [-0.3, -0.25) is 9.69 Å². The summed E-state index contributed by atoms with van der Waals surface area (Å²) >= 11 is 1.37. The van der Waals surface area contributed by atoms with Crippen LogP contribution in [0, 0.1) is 5.82 Å². The summed E-state index contributed by atoms with van der Waals surface area (Å²) in [6.45, 7) is 6.95. The average molecular weight is 432 g/mol. The first kappa shape index (κ1) is 22.0. The van der Waals surface area contributed by atoms with Gasteiger partial charge in [-0.15, -0.1) is 0 Å². The summed E-state index contributed by atoms with van der Waals surface area (Å²) in [6, 6.07) is 9.65. The molecule has 0 bridgehead atoms. The summed E-state index contributed by atoms with van der Waals surface area (Å²) in [5.74, 6) is 0.213. The van der Waals surface area contributed by atoms with Crippen LogP contribution in [0.5, 0.6) is 11.5 Å². The van der Waals surface area contributed by atoms with Crippen molar-refractivity contribution in [3.8, 4) is 11.5 Å². The van der Waals surface area contributed by atoms with Gasteiger partial charge < -0.3 is 14.4 Å². The molecule has 160 valence electrons. The molecule has 1 amide bonds. The maximum absolute atomic E-state index is 14.3. The summed E-state index contributed by atoms with van der Waals surface area (Å²) in [6.07, 6.45) is 0. The molecular weight excluding hydrogens is 405 g/mol. The fourth-order valence-corrected chi connectivity index (χ4v) is 4.20. The largest absolute Gasteiger partial charge is 0.493 e. The summed E-state index contributed by atoms with van der Waals surface area (Å²) in [5.41, 5.74) is 0.730. The van der Waals surface area contributed by atoms with E-state index in [1.54, 1.807) is 37.3 Å². The van der Waals surface area contributed by atoms with Crippen LogP contribution in [0.2, 0.25) is 0 Å². The maximum atomic E-state index is 14.3. The van der Waals surface area contributed by atoms with E-state index in [0.717, 1.165) is 17.8 Å². The number of likely N-dealkylation sites (N-methyl/N-ethyl adjacent to an activating group) is 1. The van der Waals surface area contributed by atoms with Crippen molar-refractivity contribution >= 4 is 32.6 Å². The van der Waals surface area contributed by atoms with E-state index in [4.69, 9.17) is 9.47 Å². The Morgan fingerprint density at radius 2 is 1.73 bits per heavy atom. The molecule has 6 nitrogen and oxygen atoms in total. The summed E-state index contributed by atoms with van der Waals surface area (Å²) in [4.78, 5) is 21.7. The molecule has 30 heavy (non-hydrogen) atoms. The summed E-state index contributed by atoms with van der Waals surface area (Å²) in [5, 5.41) is 0.515.